The summed E-state index contributed by atoms with van der Waals surface area (Å²) < 4.78 is 0. The first kappa shape index (κ1) is 16.1. The molecule has 0 aliphatic heterocycles. The van der Waals surface area contributed by atoms with Gasteiger partial charge < -0.3 is 0 Å². The average Bonchev–Trinajstić information content (AvgIpc) is 3.52. The van der Waals surface area contributed by atoms with Crippen LogP contribution in [0.5, 0.6) is 0 Å². The largest absolute Gasteiger partial charge is 0.0616 e. The van der Waals surface area contributed by atoms with Crippen LogP contribution in [0, 0.1) is 35.5 Å². The van der Waals surface area contributed by atoms with Crippen molar-refractivity contribution in [3.05, 3.63) is 95.1 Å². The lowest BCUT2D eigenvalue weighted by atomic mass is 9.33. The average molecular weight is 411 g/mol. The first-order valence-electron chi connectivity index (χ1n) is 12.9. The molecular formula is C32H26. The molecule has 4 saturated carbocycles. The highest BCUT2D eigenvalue weighted by Gasteiger charge is 2.78. The molecule has 0 N–H and O–H groups in total. The van der Waals surface area contributed by atoms with Gasteiger partial charge >= 0.3 is 0 Å². The number of hydrogen-bond acceptors (Lipinski definition) is 0. The Balaban J connectivity index is 1.09. The summed E-state index contributed by atoms with van der Waals surface area (Å²) in [6.45, 7) is 0. The lowest BCUT2D eigenvalue weighted by Crippen LogP contribution is -2.66. The fraction of sp³-hybridized carbons (Fsp3) is 0.375. The minimum atomic E-state index is 0.863. The van der Waals surface area contributed by atoms with Crippen LogP contribution in [0.15, 0.2) is 72.8 Å². The lowest BCUT2D eigenvalue weighted by molar-refractivity contribution is -0.202. The van der Waals surface area contributed by atoms with Gasteiger partial charge in [-0.3, -0.25) is 0 Å². The van der Waals surface area contributed by atoms with Crippen molar-refractivity contribution >= 4 is 21.5 Å². The molecule has 0 saturated heterocycles. The van der Waals surface area contributed by atoms with Crippen molar-refractivity contribution in [2.24, 2.45) is 35.5 Å². The van der Waals surface area contributed by atoms with Crippen LogP contribution in [0.4, 0.5) is 0 Å². The zero-order valence-corrected chi connectivity index (χ0v) is 18.1. The molecule has 32 heavy (non-hydrogen) atoms. The first-order chi connectivity index (χ1) is 15.9. The molecule has 10 rings (SSSR count). The van der Waals surface area contributed by atoms with Gasteiger partial charge in [0.2, 0.25) is 0 Å². The molecule has 2 unspecified atom stereocenters. The van der Waals surface area contributed by atoms with Crippen molar-refractivity contribution in [2.45, 2.75) is 36.5 Å². The highest BCUT2D eigenvalue weighted by atomic mass is 14.8. The molecule has 4 fully saturated rings. The molecule has 4 aromatic rings. The summed E-state index contributed by atoms with van der Waals surface area (Å²) in [4.78, 5) is 0. The molecule has 154 valence electrons. The fourth-order valence-corrected chi connectivity index (χ4v) is 10.8. The van der Waals surface area contributed by atoms with Crippen molar-refractivity contribution in [2.75, 3.05) is 0 Å². The van der Waals surface area contributed by atoms with Gasteiger partial charge in [-0.05, 0) is 116 Å². The Morgan fingerprint density at radius 3 is 0.938 bits per heavy atom. The Hall–Kier alpha value is -2.60. The predicted octanol–water partition coefficient (Wildman–Crippen LogP) is 7.59. The fourth-order valence-electron chi connectivity index (χ4n) is 10.8. The summed E-state index contributed by atoms with van der Waals surface area (Å²) in [7, 11) is 0. The molecule has 10 atom stereocenters. The molecule has 4 bridgehead atoms. The van der Waals surface area contributed by atoms with E-state index in [0.717, 1.165) is 59.2 Å². The number of benzene rings is 4. The summed E-state index contributed by atoms with van der Waals surface area (Å²) in [5.41, 5.74) is 6.97. The highest BCUT2D eigenvalue weighted by Crippen LogP contribution is 2.85. The number of rotatable bonds is 0. The van der Waals surface area contributed by atoms with Gasteiger partial charge in [-0.2, -0.15) is 0 Å². The third-order valence-electron chi connectivity index (χ3n) is 11.5. The van der Waals surface area contributed by atoms with Gasteiger partial charge in [0.05, 0.1) is 0 Å². The van der Waals surface area contributed by atoms with Crippen molar-refractivity contribution in [1.82, 2.24) is 0 Å². The van der Waals surface area contributed by atoms with Crippen LogP contribution in [0.2, 0.25) is 0 Å². The van der Waals surface area contributed by atoms with Crippen LogP contribution < -0.4 is 0 Å². The summed E-state index contributed by atoms with van der Waals surface area (Å²) in [6, 6.07) is 28.4. The van der Waals surface area contributed by atoms with Crippen LogP contribution in [0.3, 0.4) is 0 Å². The van der Waals surface area contributed by atoms with Crippen LogP contribution in [-0.4, -0.2) is 0 Å². The summed E-state index contributed by atoms with van der Waals surface area (Å²) >= 11 is 0. The monoisotopic (exact) mass is 410 g/mol. The second kappa shape index (κ2) is 4.98. The van der Waals surface area contributed by atoms with Gasteiger partial charge in [0.25, 0.3) is 0 Å². The Bertz CT molecular complexity index is 1290. The molecule has 6 aliphatic carbocycles. The molecule has 0 amide bonds. The molecule has 0 aromatic heterocycles. The normalized spacial score (nSPS) is 42.8. The van der Waals surface area contributed by atoms with Gasteiger partial charge in [0.1, 0.15) is 0 Å². The quantitative estimate of drug-likeness (QED) is 0.262. The van der Waals surface area contributed by atoms with Crippen molar-refractivity contribution in [1.29, 1.82) is 0 Å². The minimum absolute atomic E-state index is 0.863. The third-order valence-corrected chi connectivity index (χ3v) is 11.5. The Morgan fingerprint density at radius 1 is 0.375 bits per heavy atom. The van der Waals surface area contributed by atoms with E-state index in [1.54, 1.807) is 22.3 Å². The van der Waals surface area contributed by atoms with E-state index in [4.69, 9.17) is 0 Å². The van der Waals surface area contributed by atoms with Crippen molar-refractivity contribution in [3.8, 4) is 0 Å². The summed E-state index contributed by atoms with van der Waals surface area (Å²) in [5.74, 6) is 9.54. The van der Waals surface area contributed by atoms with E-state index in [0.29, 0.717) is 0 Å². The van der Waals surface area contributed by atoms with Crippen LogP contribution in [0.1, 0.15) is 58.8 Å². The van der Waals surface area contributed by atoms with E-state index >= 15 is 0 Å². The van der Waals surface area contributed by atoms with Gasteiger partial charge in [-0.1, -0.05) is 72.8 Å². The lowest BCUT2D eigenvalue weighted by Gasteiger charge is -2.71. The standard InChI is InChI=1S/C32H26/c1-2-6-16-10-20-19(9-15(16)5-1)23-13-24(20)28-27(23)31-29-25-14-26(30(29)32(28)31)22-12-18-8-4-3-7-17(18)11-21(22)25/h1-12,23-32H,13-14H2/t23-,24+,25+,26-,27+,28-,29-,30+,31?,32?. The maximum atomic E-state index is 2.58. The van der Waals surface area contributed by atoms with E-state index in [9.17, 15) is 0 Å². The number of fused-ring (bicyclic) bond motifs is 23. The van der Waals surface area contributed by atoms with Gasteiger partial charge in [0.15, 0.2) is 0 Å². The van der Waals surface area contributed by atoms with Gasteiger partial charge in [-0.25, -0.2) is 0 Å². The van der Waals surface area contributed by atoms with Crippen LogP contribution in [0.25, 0.3) is 21.5 Å². The molecule has 4 aromatic carbocycles. The Kier molecular flexibility index (Phi) is 2.51. The number of hydrogen-bond donors (Lipinski definition) is 0. The van der Waals surface area contributed by atoms with Crippen molar-refractivity contribution in [3.63, 3.8) is 0 Å². The predicted molar refractivity (Wildman–Crippen MR) is 129 cm³/mol. The first-order valence-corrected chi connectivity index (χ1v) is 12.9. The molecular weight excluding hydrogens is 384 g/mol. The molecule has 0 radical (unpaired) electrons. The van der Waals surface area contributed by atoms with Crippen molar-refractivity contribution < 1.29 is 0 Å². The molecule has 0 heteroatoms. The zero-order chi connectivity index (χ0) is 20.3. The van der Waals surface area contributed by atoms with E-state index in [1.165, 1.54) is 34.4 Å². The van der Waals surface area contributed by atoms with Gasteiger partial charge in [0, 0.05) is 0 Å². The molecule has 0 nitrogen and oxygen atoms in total. The zero-order valence-electron chi connectivity index (χ0n) is 18.1. The van der Waals surface area contributed by atoms with Crippen LogP contribution >= 0.6 is 0 Å². The molecule has 0 heterocycles. The van der Waals surface area contributed by atoms with E-state index in [-0.39, 0.29) is 0 Å². The highest BCUT2D eigenvalue weighted by molar-refractivity contribution is 5.86. The van der Waals surface area contributed by atoms with E-state index in [1.807, 2.05) is 0 Å². The van der Waals surface area contributed by atoms with Crippen LogP contribution in [-0.2, 0) is 0 Å². The Morgan fingerprint density at radius 2 is 0.656 bits per heavy atom. The smallest absolute Gasteiger partial charge is 0.0119 e. The summed E-state index contributed by atoms with van der Waals surface area (Å²) in [5, 5.41) is 5.83. The topological polar surface area (TPSA) is 0 Å². The maximum absolute atomic E-state index is 2.58. The Labute approximate surface area is 188 Å². The third kappa shape index (κ3) is 1.54. The van der Waals surface area contributed by atoms with E-state index < -0.39 is 0 Å². The second-order valence-corrected chi connectivity index (χ2v) is 12.0. The maximum Gasteiger partial charge on any atom is -0.0119 e. The second-order valence-electron chi connectivity index (χ2n) is 12.0. The van der Waals surface area contributed by atoms with E-state index in [2.05, 4.69) is 72.8 Å². The molecule has 0 spiro atoms. The minimum Gasteiger partial charge on any atom is -0.0616 e. The SMILES string of the molecule is c1ccc2cc3c(cc2c1)[C@H]1C[C@@H]3[C@H]2C3C([C@H]21)[C@H]1[C@@H]3[C@@H]2C[C@H]1c1cc3ccccc3cc12. The summed E-state index contributed by atoms with van der Waals surface area (Å²) in [6.07, 6.45) is 2.92. The molecule has 6 aliphatic rings. The van der Waals surface area contributed by atoms with Gasteiger partial charge in [-0.15, -0.1) is 0 Å².